The number of likely N-dealkylation sites (N-methyl/N-ethyl adjacent to an activating group) is 1. The van der Waals surface area contributed by atoms with E-state index in [4.69, 9.17) is 4.42 Å². The molecule has 0 bridgehead atoms. The Labute approximate surface area is 134 Å². The standard InChI is InChI=1S/C18H19N3O2/c1-12-7-6-9-14(13(12)2)19-17(22)11-21(3)18-20-15-8-4-5-10-16(15)23-18/h4-10H,11H2,1-3H3,(H,19,22). The lowest BCUT2D eigenvalue weighted by molar-refractivity contribution is -0.115. The lowest BCUT2D eigenvalue weighted by Gasteiger charge is -2.15. The first-order chi connectivity index (χ1) is 11.0. The van der Waals surface area contributed by atoms with Gasteiger partial charge in [-0.25, -0.2) is 0 Å². The molecule has 118 valence electrons. The topological polar surface area (TPSA) is 58.4 Å². The van der Waals surface area contributed by atoms with Crippen molar-refractivity contribution in [3.63, 3.8) is 0 Å². The smallest absolute Gasteiger partial charge is 0.298 e. The number of fused-ring (bicyclic) bond motifs is 1. The van der Waals surface area contributed by atoms with Crippen LogP contribution in [0.1, 0.15) is 11.1 Å². The molecule has 0 aliphatic heterocycles. The summed E-state index contributed by atoms with van der Waals surface area (Å²) in [5.74, 6) is -0.108. The number of amides is 1. The fraction of sp³-hybridized carbons (Fsp3) is 0.222. The normalized spacial score (nSPS) is 10.7. The van der Waals surface area contributed by atoms with Gasteiger partial charge in [0.1, 0.15) is 12.1 Å². The Morgan fingerprint density at radius 1 is 1.17 bits per heavy atom. The summed E-state index contributed by atoms with van der Waals surface area (Å²) < 4.78 is 5.66. The van der Waals surface area contributed by atoms with E-state index in [0.29, 0.717) is 11.6 Å². The summed E-state index contributed by atoms with van der Waals surface area (Å²) in [6.45, 7) is 4.19. The van der Waals surface area contributed by atoms with Gasteiger partial charge in [-0.15, -0.1) is 0 Å². The molecule has 0 aliphatic carbocycles. The average Bonchev–Trinajstić information content (AvgIpc) is 2.96. The third-order valence-electron chi connectivity index (χ3n) is 3.87. The van der Waals surface area contributed by atoms with Crippen LogP contribution in [0.3, 0.4) is 0 Å². The quantitative estimate of drug-likeness (QED) is 0.801. The zero-order valence-electron chi connectivity index (χ0n) is 13.5. The molecule has 0 spiro atoms. The van der Waals surface area contributed by atoms with E-state index in [1.165, 1.54) is 0 Å². The molecule has 1 heterocycles. The number of hydrogen-bond acceptors (Lipinski definition) is 4. The summed E-state index contributed by atoms with van der Waals surface area (Å²) in [5.41, 5.74) is 4.55. The first-order valence-electron chi connectivity index (χ1n) is 7.47. The van der Waals surface area contributed by atoms with Crippen LogP contribution in [0.2, 0.25) is 0 Å². The van der Waals surface area contributed by atoms with Crippen LogP contribution in [0.25, 0.3) is 11.1 Å². The first-order valence-corrected chi connectivity index (χ1v) is 7.47. The van der Waals surface area contributed by atoms with Gasteiger partial charge in [0, 0.05) is 12.7 Å². The maximum absolute atomic E-state index is 12.3. The largest absolute Gasteiger partial charge is 0.423 e. The molecule has 2 aromatic carbocycles. The van der Waals surface area contributed by atoms with E-state index in [1.54, 1.807) is 11.9 Å². The minimum Gasteiger partial charge on any atom is -0.423 e. The summed E-state index contributed by atoms with van der Waals surface area (Å²) >= 11 is 0. The van der Waals surface area contributed by atoms with Crippen molar-refractivity contribution in [3.05, 3.63) is 53.6 Å². The number of aromatic nitrogens is 1. The van der Waals surface area contributed by atoms with E-state index in [9.17, 15) is 4.79 Å². The molecule has 5 nitrogen and oxygen atoms in total. The summed E-state index contributed by atoms with van der Waals surface area (Å²) in [5, 5.41) is 2.94. The van der Waals surface area contributed by atoms with Gasteiger partial charge in [0.2, 0.25) is 5.91 Å². The van der Waals surface area contributed by atoms with E-state index in [0.717, 1.165) is 22.3 Å². The highest BCUT2D eigenvalue weighted by molar-refractivity contribution is 5.94. The van der Waals surface area contributed by atoms with E-state index < -0.39 is 0 Å². The Morgan fingerprint density at radius 2 is 1.96 bits per heavy atom. The summed E-state index contributed by atoms with van der Waals surface area (Å²) in [6, 6.07) is 13.8. The molecule has 0 fully saturated rings. The molecule has 0 radical (unpaired) electrons. The molecule has 3 aromatic rings. The number of oxazole rings is 1. The predicted octanol–water partition coefficient (Wildman–Crippen LogP) is 3.52. The van der Waals surface area contributed by atoms with Crippen molar-refractivity contribution < 1.29 is 9.21 Å². The number of aryl methyl sites for hydroxylation is 1. The van der Waals surface area contributed by atoms with Crippen molar-refractivity contribution in [1.82, 2.24) is 4.98 Å². The molecular formula is C18H19N3O2. The van der Waals surface area contributed by atoms with Crippen LogP contribution in [0.4, 0.5) is 11.7 Å². The number of nitrogens with zero attached hydrogens (tertiary/aromatic N) is 2. The molecule has 1 N–H and O–H groups in total. The van der Waals surface area contributed by atoms with Crippen LogP contribution >= 0.6 is 0 Å². The predicted molar refractivity (Wildman–Crippen MR) is 91.8 cm³/mol. The third kappa shape index (κ3) is 3.18. The van der Waals surface area contributed by atoms with Crippen LogP contribution < -0.4 is 10.2 Å². The highest BCUT2D eigenvalue weighted by Gasteiger charge is 2.14. The van der Waals surface area contributed by atoms with Gasteiger partial charge in [-0.05, 0) is 43.2 Å². The average molecular weight is 309 g/mol. The number of rotatable bonds is 4. The number of carbonyl (C=O) groups is 1. The number of carbonyl (C=O) groups excluding carboxylic acids is 1. The van der Waals surface area contributed by atoms with Gasteiger partial charge in [0.25, 0.3) is 6.01 Å². The first kappa shape index (κ1) is 15.1. The molecular weight excluding hydrogens is 290 g/mol. The number of para-hydroxylation sites is 2. The van der Waals surface area contributed by atoms with Gasteiger partial charge in [-0.3, -0.25) is 4.79 Å². The molecule has 0 saturated carbocycles. The van der Waals surface area contributed by atoms with Gasteiger partial charge in [-0.1, -0.05) is 24.3 Å². The van der Waals surface area contributed by atoms with Gasteiger partial charge >= 0.3 is 0 Å². The van der Waals surface area contributed by atoms with Crippen molar-refractivity contribution >= 4 is 28.7 Å². The lowest BCUT2D eigenvalue weighted by atomic mass is 10.1. The summed E-state index contributed by atoms with van der Waals surface area (Å²) in [7, 11) is 1.79. The van der Waals surface area contributed by atoms with Crippen molar-refractivity contribution in [2.45, 2.75) is 13.8 Å². The summed E-state index contributed by atoms with van der Waals surface area (Å²) in [4.78, 5) is 18.3. The molecule has 1 amide bonds. The molecule has 3 rings (SSSR count). The molecule has 5 heteroatoms. The second-order valence-corrected chi connectivity index (χ2v) is 5.62. The fourth-order valence-corrected chi connectivity index (χ4v) is 2.38. The lowest BCUT2D eigenvalue weighted by Crippen LogP contribution is -2.30. The Balaban J connectivity index is 1.70. The van der Waals surface area contributed by atoms with E-state index in [-0.39, 0.29) is 12.5 Å². The van der Waals surface area contributed by atoms with Crippen LogP contribution in [-0.4, -0.2) is 24.5 Å². The molecule has 0 saturated heterocycles. The van der Waals surface area contributed by atoms with Gasteiger partial charge < -0.3 is 14.6 Å². The van der Waals surface area contributed by atoms with Crippen molar-refractivity contribution in [2.75, 3.05) is 23.8 Å². The number of hydrogen-bond donors (Lipinski definition) is 1. The maximum Gasteiger partial charge on any atom is 0.298 e. The van der Waals surface area contributed by atoms with Crippen LogP contribution in [0.5, 0.6) is 0 Å². The van der Waals surface area contributed by atoms with Crippen LogP contribution in [0.15, 0.2) is 46.9 Å². The Kier molecular flexibility index (Phi) is 4.02. The molecule has 0 aliphatic rings. The van der Waals surface area contributed by atoms with E-state index in [2.05, 4.69) is 10.3 Å². The number of anilines is 2. The monoisotopic (exact) mass is 309 g/mol. The molecule has 0 unspecified atom stereocenters. The number of benzene rings is 2. The van der Waals surface area contributed by atoms with Crippen molar-refractivity contribution in [1.29, 1.82) is 0 Å². The van der Waals surface area contributed by atoms with Gasteiger partial charge in [0.05, 0.1) is 0 Å². The van der Waals surface area contributed by atoms with Crippen molar-refractivity contribution in [3.8, 4) is 0 Å². The van der Waals surface area contributed by atoms with Gasteiger partial charge in [0.15, 0.2) is 5.58 Å². The molecule has 0 atom stereocenters. The second-order valence-electron chi connectivity index (χ2n) is 5.62. The highest BCUT2D eigenvalue weighted by Crippen LogP contribution is 2.21. The Bertz CT molecular complexity index is 821. The number of nitrogens with one attached hydrogen (secondary N) is 1. The van der Waals surface area contributed by atoms with Crippen LogP contribution in [0, 0.1) is 13.8 Å². The zero-order valence-corrected chi connectivity index (χ0v) is 13.5. The van der Waals surface area contributed by atoms with E-state index >= 15 is 0 Å². The maximum atomic E-state index is 12.3. The Morgan fingerprint density at radius 3 is 2.74 bits per heavy atom. The van der Waals surface area contributed by atoms with Crippen LogP contribution in [-0.2, 0) is 4.79 Å². The molecule has 23 heavy (non-hydrogen) atoms. The Hall–Kier alpha value is -2.82. The minimum atomic E-state index is -0.108. The third-order valence-corrected chi connectivity index (χ3v) is 3.87. The SMILES string of the molecule is Cc1cccc(NC(=O)CN(C)c2nc3ccccc3o2)c1C. The van der Waals surface area contributed by atoms with Gasteiger partial charge in [-0.2, -0.15) is 4.98 Å². The second kappa shape index (κ2) is 6.12. The molecule has 1 aromatic heterocycles. The minimum absolute atomic E-state index is 0.108. The zero-order chi connectivity index (χ0) is 16.4. The van der Waals surface area contributed by atoms with E-state index in [1.807, 2.05) is 56.3 Å². The fourth-order valence-electron chi connectivity index (χ4n) is 2.38. The van der Waals surface area contributed by atoms with Crippen molar-refractivity contribution in [2.24, 2.45) is 0 Å². The highest BCUT2D eigenvalue weighted by atomic mass is 16.4. The summed E-state index contributed by atoms with van der Waals surface area (Å²) in [6.07, 6.45) is 0.